The molecule has 9 heteroatoms. The SMILES string of the molecule is CS(=O)(=O)N1CCC(c2nnc3sc(C(c4ccccc4)c4ccccc4)nn23)CC1. The Hall–Kier alpha value is -2.62. The molecule has 0 N–H and O–H groups in total. The molecule has 160 valence electrons. The zero-order valence-electron chi connectivity index (χ0n) is 17.1. The van der Waals surface area contributed by atoms with E-state index in [4.69, 9.17) is 5.10 Å². The monoisotopic (exact) mass is 453 g/mol. The average molecular weight is 454 g/mol. The van der Waals surface area contributed by atoms with Crippen molar-refractivity contribution >= 4 is 26.3 Å². The maximum absolute atomic E-state index is 11.8. The number of rotatable bonds is 5. The molecule has 1 saturated heterocycles. The van der Waals surface area contributed by atoms with Crippen molar-refractivity contribution in [3.8, 4) is 0 Å². The highest BCUT2D eigenvalue weighted by molar-refractivity contribution is 7.88. The van der Waals surface area contributed by atoms with Gasteiger partial charge in [-0.15, -0.1) is 10.2 Å². The van der Waals surface area contributed by atoms with Gasteiger partial charge in [-0.1, -0.05) is 72.0 Å². The van der Waals surface area contributed by atoms with Gasteiger partial charge in [-0.05, 0) is 24.0 Å². The van der Waals surface area contributed by atoms with Crippen molar-refractivity contribution in [1.29, 1.82) is 0 Å². The number of hydrogen-bond acceptors (Lipinski definition) is 6. The van der Waals surface area contributed by atoms with E-state index < -0.39 is 10.0 Å². The number of nitrogens with zero attached hydrogens (tertiary/aromatic N) is 5. The van der Waals surface area contributed by atoms with Crippen molar-refractivity contribution in [2.24, 2.45) is 0 Å². The van der Waals surface area contributed by atoms with Crippen molar-refractivity contribution < 1.29 is 8.42 Å². The molecule has 0 bridgehead atoms. The first-order valence-corrected chi connectivity index (χ1v) is 12.9. The molecule has 2 aromatic heterocycles. The van der Waals surface area contributed by atoms with Crippen LogP contribution in [-0.4, -0.2) is 51.9 Å². The van der Waals surface area contributed by atoms with E-state index in [-0.39, 0.29) is 11.8 Å². The van der Waals surface area contributed by atoms with Crippen LogP contribution in [0.2, 0.25) is 0 Å². The summed E-state index contributed by atoms with van der Waals surface area (Å²) in [5.41, 5.74) is 2.36. The van der Waals surface area contributed by atoms with Gasteiger partial charge in [-0.2, -0.15) is 9.61 Å². The number of benzene rings is 2. The Balaban J connectivity index is 1.50. The lowest BCUT2D eigenvalue weighted by Gasteiger charge is -2.28. The molecule has 3 heterocycles. The van der Waals surface area contributed by atoms with E-state index in [1.54, 1.807) is 11.3 Å². The molecule has 0 radical (unpaired) electrons. The summed E-state index contributed by atoms with van der Waals surface area (Å²) in [7, 11) is -3.15. The Bertz CT molecular complexity index is 1240. The molecule has 0 unspecified atom stereocenters. The third-order valence-electron chi connectivity index (χ3n) is 5.83. The fourth-order valence-electron chi connectivity index (χ4n) is 4.23. The fourth-order valence-corrected chi connectivity index (χ4v) is 6.11. The van der Waals surface area contributed by atoms with Gasteiger partial charge in [0.15, 0.2) is 5.82 Å². The highest BCUT2D eigenvalue weighted by Crippen LogP contribution is 2.36. The third kappa shape index (κ3) is 4.00. The first-order valence-electron chi connectivity index (χ1n) is 10.3. The molecule has 2 aromatic carbocycles. The van der Waals surface area contributed by atoms with E-state index in [1.807, 2.05) is 40.9 Å². The van der Waals surface area contributed by atoms with Crippen LogP contribution in [-0.2, 0) is 10.0 Å². The molecule has 1 aliphatic rings. The molecule has 31 heavy (non-hydrogen) atoms. The van der Waals surface area contributed by atoms with Crippen LogP contribution in [0.4, 0.5) is 0 Å². The lowest BCUT2D eigenvalue weighted by Crippen LogP contribution is -2.37. The van der Waals surface area contributed by atoms with Gasteiger partial charge >= 0.3 is 0 Å². The highest BCUT2D eigenvalue weighted by atomic mass is 32.2. The Morgan fingerprint density at radius 1 is 0.935 bits per heavy atom. The normalized spacial score (nSPS) is 16.3. The van der Waals surface area contributed by atoms with Crippen LogP contribution < -0.4 is 0 Å². The van der Waals surface area contributed by atoms with Gasteiger partial charge < -0.3 is 0 Å². The fraction of sp³-hybridized carbons (Fsp3) is 0.318. The van der Waals surface area contributed by atoms with Crippen LogP contribution in [0, 0.1) is 0 Å². The Kier molecular flexibility index (Phi) is 5.33. The Morgan fingerprint density at radius 3 is 2.06 bits per heavy atom. The van der Waals surface area contributed by atoms with Crippen LogP contribution in [0.5, 0.6) is 0 Å². The molecule has 5 rings (SSSR count). The van der Waals surface area contributed by atoms with Crippen LogP contribution in [0.1, 0.15) is 46.6 Å². The first-order chi connectivity index (χ1) is 15.0. The van der Waals surface area contributed by atoms with E-state index in [0.717, 1.165) is 28.6 Å². The molecule has 0 saturated carbocycles. The second kappa shape index (κ2) is 8.14. The third-order valence-corrected chi connectivity index (χ3v) is 8.10. The first kappa shape index (κ1) is 20.3. The lowest BCUT2D eigenvalue weighted by molar-refractivity contribution is 0.313. The van der Waals surface area contributed by atoms with Gasteiger partial charge in [0.1, 0.15) is 5.01 Å². The zero-order valence-corrected chi connectivity index (χ0v) is 18.8. The van der Waals surface area contributed by atoms with Gasteiger partial charge in [0.25, 0.3) is 0 Å². The molecule has 1 fully saturated rings. The summed E-state index contributed by atoms with van der Waals surface area (Å²) in [6.07, 6.45) is 2.71. The van der Waals surface area contributed by atoms with E-state index in [1.165, 1.54) is 21.7 Å². The molecule has 0 aliphatic carbocycles. The van der Waals surface area contributed by atoms with E-state index in [9.17, 15) is 8.42 Å². The smallest absolute Gasteiger partial charge is 0.213 e. The highest BCUT2D eigenvalue weighted by Gasteiger charge is 2.30. The maximum atomic E-state index is 11.8. The Labute approximate surface area is 185 Å². The second-order valence-corrected chi connectivity index (χ2v) is 10.9. The number of sulfonamides is 1. The second-order valence-electron chi connectivity index (χ2n) is 7.88. The molecule has 0 amide bonds. The summed E-state index contributed by atoms with van der Waals surface area (Å²) >= 11 is 1.56. The topological polar surface area (TPSA) is 80.5 Å². The maximum Gasteiger partial charge on any atom is 0.234 e. The number of hydrogen-bond donors (Lipinski definition) is 0. The van der Waals surface area contributed by atoms with Crippen molar-refractivity contribution in [3.63, 3.8) is 0 Å². The van der Waals surface area contributed by atoms with Gasteiger partial charge in [0.05, 0.1) is 12.2 Å². The summed E-state index contributed by atoms with van der Waals surface area (Å²) in [5.74, 6) is 0.995. The van der Waals surface area contributed by atoms with Gasteiger partial charge in [-0.3, -0.25) is 0 Å². The van der Waals surface area contributed by atoms with E-state index in [0.29, 0.717) is 13.1 Å². The molecule has 1 aliphatic heterocycles. The van der Waals surface area contributed by atoms with Crippen molar-refractivity contribution in [2.45, 2.75) is 24.7 Å². The standard InChI is InChI=1S/C22H23N5O2S2/c1-31(28,29)26-14-12-18(13-15-26)20-23-24-22-27(20)25-21(30-22)19(16-8-4-2-5-9-16)17-10-6-3-7-11-17/h2-11,18-19H,12-15H2,1H3. The molecular formula is C22H23N5O2S2. The minimum Gasteiger partial charge on any atom is -0.213 e. The number of aromatic nitrogens is 4. The van der Waals surface area contributed by atoms with Gasteiger partial charge in [-0.25, -0.2) is 12.7 Å². The predicted octanol–water partition coefficient (Wildman–Crippen LogP) is 3.51. The molecular weight excluding hydrogens is 430 g/mol. The van der Waals surface area contributed by atoms with Crippen LogP contribution >= 0.6 is 11.3 Å². The quantitative estimate of drug-likeness (QED) is 0.462. The summed E-state index contributed by atoms with van der Waals surface area (Å²) in [5, 5.41) is 14.7. The van der Waals surface area contributed by atoms with Gasteiger partial charge in [0, 0.05) is 19.0 Å². The summed E-state index contributed by atoms with van der Waals surface area (Å²) in [6, 6.07) is 20.7. The van der Waals surface area contributed by atoms with Crippen molar-refractivity contribution in [3.05, 3.63) is 82.6 Å². The minimum absolute atomic E-state index is 0.0223. The summed E-state index contributed by atoms with van der Waals surface area (Å²) < 4.78 is 27.0. The minimum atomic E-state index is -3.15. The lowest BCUT2D eigenvalue weighted by atomic mass is 9.92. The van der Waals surface area contributed by atoms with E-state index in [2.05, 4.69) is 34.5 Å². The zero-order chi connectivity index (χ0) is 21.4. The average Bonchev–Trinajstić information content (AvgIpc) is 3.36. The number of fused-ring (bicyclic) bond motifs is 1. The van der Waals surface area contributed by atoms with Crippen LogP contribution in [0.25, 0.3) is 4.96 Å². The largest absolute Gasteiger partial charge is 0.234 e. The van der Waals surface area contributed by atoms with Crippen molar-refractivity contribution in [2.75, 3.05) is 19.3 Å². The Morgan fingerprint density at radius 2 is 1.52 bits per heavy atom. The molecule has 4 aromatic rings. The van der Waals surface area contributed by atoms with E-state index >= 15 is 0 Å². The summed E-state index contributed by atoms with van der Waals surface area (Å²) in [6.45, 7) is 1.01. The molecule has 0 spiro atoms. The predicted molar refractivity (Wildman–Crippen MR) is 121 cm³/mol. The summed E-state index contributed by atoms with van der Waals surface area (Å²) in [4.78, 5) is 0.771. The van der Waals surface area contributed by atoms with Crippen molar-refractivity contribution in [1.82, 2.24) is 24.1 Å². The molecule has 0 atom stereocenters. The van der Waals surface area contributed by atoms with Gasteiger partial charge in [0.2, 0.25) is 15.0 Å². The molecule has 7 nitrogen and oxygen atoms in total. The van der Waals surface area contributed by atoms with Crippen LogP contribution in [0.15, 0.2) is 60.7 Å². The number of piperidine rings is 1. The van der Waals surface area contributed by atoms with Crippen LogP contribution in [0.3, 0.4) is 0 Å².